The van der Waals surface area contributed by atoms with E-state index in [0.29, 0.717) is 42.8 Å². The van der Waals surface area contributed by atoms with Crippen LogP contribution in [-0.4, -0.2) is 45.6 Å². The van der Waals surface area contributed by atoms with Gasteiger partial charge in [-0.2, -0.15) is 0 Å². The number of ether oxygens (including phenoxy) is 1. The van der Waals surface area contributed by atoms with Gasteiger partial charge in [0.15, 0.2) is 0 Å². The summed E-state index contributed by atoms with van der Waals surface area (Å²) in [6, 6.07) is 1.67. The van der Waals surface area contributed by atoms with Crippen LogP contribution in [0.15, 0.2) is 21.0 Å². The summed E-state index contributed by atoms with van der Waals surface area (Å²) in [7, 11) is 1.41. The molecule has 2 aromatic heterocycles. The number of fused-ring (bicyclic) bond motifs is 1. The first-order valence-electron chi connectivity index (χ1n) is 8.55. The van der Waals surface area contributed by atoms with E-state index in [2.05, 4.69) is 0 Å². The number of likely N-dealkylation sites (tertiary alicyclic amines) is 1. The van der Waals surface area contributed by atoms with Gasteiger partial charge in [-0.05, 0) is 31.2 Å². The molecule has 1 amide bonds. The molecular formula is C17H21N3O5S. The molecular weight excluding hydrogens is 358 g/mol. The predicted octanol–water partition coefficient (Wildman–Crippen LogP) is 0.563. The molecule has 1 fully saturated rings. The van der Waals surface area contributed by atoms with Gasteiger partial charge in [-0.15, -0.1) is 11.3 Å². The summed E-state index contributed by atoms with van der Waals surface area (Å²) in [6.07, 6.45) is 1.41. The minimum Gasteiger partial charge on any atom is -0.466 e. The fourth-order valence-electron chi connectivity index (χ4n) is 3.24. The van der Waals surface area contributed by atoms with E-state index in [1.54, 1.807) is 23.3 Å². The van der Waals surface area contributed by atoms with Crippen LogP contribution in [0.25, 0.3) is 10.2 Å². The molecule has 3 rings (SSSR count). The number of carbonyl (C=O) groups is 2. The third kappa shape index (κ3) is 3.31. The van der Waals surface area contributed by atoms with Gasteiger partial charge in [-0.3, -0.25) is 23.5 Å². The van der Waals surface area contributed by atoms with Gasteiger partial charge in [0.1, 0.15) is 11.2 Å². The molecule has 26 heavy (non-hydrogen) atoms. The van der Waals surface area contributed by atoms with Gasteiger partial charge >= 0.3 is 11.7 Å². The molecule has 0 bridgehead atoms. The third-order valence-corrected chi connectivity index (χ3v) is 5.53. The van der Waals surface area contributed by atoms with Crippen LogP contribution in [-0.2, 0) is 27.9 Å². The van der Waals surface area contributed by atoms with E-state index in [9.17, 15) is 19.2 Å². The van der Waals surface area contributed by atoms with Crippen molar-refractivity contribution in [1.82, 2.24) is 14.0 Å². The van der Waals surface area contributed by atoms with Crippen molar-refractivity contribution in [3.63, 3.8) is 0 Å². The van der Waals surface area contributed by atoms with Crippen molar-refractivity contribution in [1.29, 1.82) is 0 Å². The van der Waals surface area contributed by atoms with Crippen LogP contribution in [0.3, 0.4) is 0 Å². The van der Waals surface area contributed by atoms with Crippen molar-refractivity contribution in [2.24, 2.45) is 13.0 Å². The van der Waals surface area contributed by atoms with E-state index in [1.807, 2.05) is 0 Å². The van der Waals surface area contributed by atoms with Gasteiger partial charge in [-0.25, -0.2) is 4.79 Å². The van der Waals surface area contributed by atoms with E-state index in [1.165, 1.54) is 23.0 Å². The molecule has 0 unspecified atom stereocenters. The highest BCUT2D eigenvalue weighted by Crippen LogP contribution is 2.19. The molecule has 2 aromatic rings. The molecule has 0 spiro atoms. The Morgan fingerprint density at radius 1 is 1.35 bits per heavy atom. The van der Waals surface area contributed by atoms with Crippen LogP contribution < -0.4 is 11.2 Å². The summed E-state index contributed by atoms with van der Waals surface area (Å²) in [5.41, 5.74) is -0.410. The second-order valence-electron chi connectivity index (χ2n) is 6.30. The summed E-state index contributed by atoms with van der Waals surface area (Å²) < 4.78 is 7.84. The largest absolute Gasteiger partial charge is 0.466 e. The minimum atomic E-state index is -0.520. The Bertz CT molecular complexity index is 957. The Hall–Kier alpha value is -2.42. The van der Waals surface area contributed by atoms with E-state index >= 15 is 0 Å². The number of thiophene rings is 1. The summed E-state index contributed by atoms with van der Waals surface area (Å²) in [5, 5.41) is 1.73. The molecule has 1 atom stereocenters. The SMILES string of the molecule is CCOC(=O)[C@H]1CCCN(C(=O)Cn2c(=O)n(C)c(=O)c3sccc32)C1. The maximum atomic E-state index is 12.7. The average Bonchev–Trinajstić information content (AvgIpc) is 3.13. The van der Waals surface area contributed by atoms with Crippen molar-refractivity contribution in [2.75, 3.05) is 19.7 Å². The Morgan fingerprint density at radius 3 is 2.85 bits per heavy atom. The maximum absolute atomic E-state index is 12.7. The highest BCUT2D eigenvalue weighted by Gasteiger charge is 2.29. The van der Waals surface area contributed by atoms with E-state index in [4.69, 9.17) is 4.74 Å². The summed E-state index contributed by atoms with van der Waals surface area (Å²) in [4.78, 5) is 50.9. The topological polar surface area (TPSA) is 90.6 Å². The number of hydrogen-bond acceptors (Lipinski definition) is 6. The number of piperidine rings is 1. The van der Waals surface area contributed by atoms with Crippen molar-refractivity contribution >= 4 is 33.4 Å². The van der Waals surface area contributed by atoms with Gasteiger partial charge < -0.3 is 9.64 Å². The monoisotopic (exact) mass is 379 g/mol. The standard InChI is InChI=1S/C17H21N3O5S/c1-3-25-16(23)11-5-4-7-19(9-11)13(21)10-20-12-6-8-26-14(12)15(22)18(2)17(20)24/h6,8,11H,3-5,7,9-10H2,1-2H3/t11-/m0/s1. The van der Waals surface area contributed by atoms with Crippen LogP contribution in [0.2, 0.25) is 0 Å². The average molecular weight is 379 g/mol. The molecule has 1 saturated heterocycles. The summed E-state index contributed by atoms with van der Waals surface area (Å²) in [5.74, 6) is -0.859. The van der Waals surface area contributed by atoms with Gasteiger partial charge in [0.2, 0.25) is 5.91 Å². The number of esters is 1. The van der Waals surface area contributed by atoms with E-state index in [0.717, 1.165) is 4.57 Å². The number of aromatic nitrogens is 2. The highest BCUT2D eigenvalue weighted by molar-refractivity contribution is 7.17. The maximum Gasteiger partial charge on any atom is 0.331 e. The van der Waals surface area contributed by atoms with Crippen molar-refractivity contribution in [3.05, 3.63) is 32.3 Å². The molecule has 0 saturated carbocycles. The lowest BCUT2D eigenvalue weighted by Gasteiger charge is -2.31. The predicted molar refractivity (Wildman–Crippen MR) is 97.3 cm³/mol. The normalized spacial score (nSPS) is 17.5. The summed E-state index contributed by atoms with van der Waals surface area (Å²) in [6.45, 7) is 2.75. The first-order chi connectivity index (χ1) is 12.4. The van der Waals surface area contributed by atoms with Crippen molar-refractivity contribution in [3.8, 4) is 0 Å². The summed E-state index contributed by atoms with van der Waals surface area (Å²) >= 11 is 1.24. The molecule has 0 aliphatic carbocycles. The zero-order chi connectivity index (χ0) is 18.8. The zero-order valence-corrected chi connectivity index (χ0v) is 15.6. The van der Waals surface area contributed by atoms with Crippen molar-refractivity contribution in [2.45, 2.75) is 26.3 Å². The molecule has 3 heterocycles. The highest BCUT2D eigenvalue weighted by atomic mass is 32.1. The fourth-order valence-corrected chi connectivity index (χ4v) is 4.11. The number of rotatable bonds is 4. The fraction of sp³-hybridized carbons (Fsp3) is 0.529. The first kappa shape index (κ1) is 18.4. The van der Waals surface area contributed by atoms with Crippen LogP contribution in [0, 0.1) is 5.92 Å². The van der Waals surface area contributed by atoms with Crippen LogP contribution in [0.1, 0.15) is 19.8 Å². The van der Waals surface area contributed by atoms with Crippen LogP contribution in [0.5, 0.6) is 0 Å². The molecule has 0 aromatic carbocycles. The molecule has 1 aliphatic heterocycles. The van der Waals surface area contributed by atoms with Gasteiger partial charge in [0, 0.05) is 20.1 Å². The molecule has 9 heteroatoms. The van der Waals surface area contributed by atoms with Gasteiger partial charge in [0.25, 0.3) is 5.56 Å². The minimum absolute atomic E-state index is 0.157. The van der Waals surface area contributed by atoms with E-state index < -0.39 is 5.69 Å². The Labute approximate surface area is 153 Å². The number of hydrogen-bond donors (Lipinski definition) is 0. The molecule has 0 N–H and O–H groups in total. The quantitative estimate of drug-likeness (QED) is 0.724. The number of nitrogens with zero attached hydrogens (tertiary/aromatic N) is 3. The second-order valence-corrected chi connectivity index (χ2v) is 7.21. The third-order valence-electron chi connectivity index (χ3n) is 4.64. The first-order valence-corrected chi connectivity index (χ1v) is 9.43. The molecule has 1 aliphatic rings. The zero-order valence-electron chi connectivity index (χ0n) is 14.8. The van der Waals surface area contributed by atoms with Crippen molar-refractivity contribution < 1.29 is 14.3 Å². The molecule has 8 nitrogen and oxygen atoms in total. The lowest BCUT2D eigenvalue weighted by molar-refractivity contribution is -0.151. The molecule has 0 radical (unpaired) electrons. The smallest absolute Gasteiger partial charge is 0.331 e. The van der Waals surface area contributed by atoms with Gasteiger partial charge in [-0.1, -0.05) is 0 Å². The Kier molecular flexibility index (Phi) is 5.26. The van der Waals surface area contributed by atoms with Gasteiger partial charge in [0.05, 0.1) is 18.0 Å². The Balaban J connectivity index is 1.83. The lowest BCUT2D eigenvalue weighted by atomic mass is 9.98. The van der Waals surface area contributed by atoms with Crippen LogP contribution >= 0.6 is 11.3 Å². The number of amides is 1. The van der Waals surface area contributed by atoms with E-state index in [-0.39, 0.29) is 29.9 Å². The lowest BCUT2D eigenvalue weighted by Crippen LogP contribution is -2.46. The van der Waals surface area contributed by atoms with Crippen LogP contribution in [0.4, 0.5) is 0 Å². The Morgan fingerprint density at radius 2 is 2.12 bits per heavy atom. The number of carbonyl (C=O) groups excluding carboxylic acids is 2. The molecule has 140 valence electrons. The second kappa shape index (κ2) is 7.45.